The monoisotopic (exact) mass is 446 g/mol. The summed E-state index contributed by atoms with van der Waals surface area (Å²) in [6, 6.07) is 14.1. The minimum Gasteiger partial charge on any atom is -0.459 e. The van der Waals surface area contributed by atoms with Gasteiger partial charge in [0.25, 0.3) is 5.89 Å². The van der Waals surface area contributed by atoms with E-state index < -0.39 is 0 Å². The second kappa shape index (κ2) is 9.95. The number of anilines is 1. The summed E-state index contributed by atoms with van der Waals surface area (Å²) in [4.78, 5) is 19.1. The van der Waals surface area contributed by atoms with E-state index in [0.29, 0.717) is 49.4 Å². The number of amides is 1. The number of nitrogens with zero attached hydrogens (tertiary/aromatic N) is 3. The second-order valence-electron chi connectivity index (χ2n) is 9.09. The summed E-state index contributed by atoms with van der Waals surface area (Å²) >= 11 is 0. The van der Waals surface area contributed by atoms with Crippen molar-refractivity contribution < 1.29 is 13.6 Å². The first-order valence-electron chi connectivity index (χ1n) is 11.5. The standard InChI is InChI=1S/C26H30N4O3/c1-17(2)15-19-6-8-20(9-7-19)18(3)28-24(31)21-10-12-30(13-11-21)26-22(16-27)29-25(33-26)23-5-4-14-32-23/h4-9,14,17-18,21H,10-13,15H2,1-3H3,(H,28,31). The van der Waals surface area contributed by atoms with E-state index in [9.17, 15) is 10.1 Å². The quantitative estimate of drug-likeness (QED) is 0.543. The zero-order chi connectivity index (χ0) is 23.4. The number of furan rings is 1. The van der Waals surface area contributed by atoms with E-state index in [2.05, 4.69) is 54.5 Å². The molecule has 172 valence electrons. The van der Waals surface area contributed by atoms with Crippen LogP contribution in [0.3, 0.4) is 0 Å². The predicted molar refractivity (Wildman–Crippen MR) is 125 cm³/mol. The van der Waals surface area contributed by atoms with Crippen LogP contribution in [-0.2, 0) is 11.2 Å². The third-order valence-corrected chi connectivity index (χ3v) is 6.08. The van der Waals surface area contributed by atoms with Crippen LogP contribution in [0.15, 0.2) is 51.5 Å². The van der Waals surface area contributed by atoms with Crippen LogP contribution in [0, 0.1) is 23.2 Å². The molecular formula is C26H30N4O3. The third-order valence-electron chi connectivity index (χ3n) is 6.08. The van der Waals surface area contributed by atoms with E-state index in [4.69, 9.17) is 8.83 Å². The maximum Gasteiger partial charge on any atom is 0.266 e. The molecule has 0 radical (unpaired) electrons. The van der Waals surface area contributed by atoms with Crippen LogP contribution in [0.25, 0.3) is 11.7 Å². The highest BCUT2D eigenvalue weighted by molar-refractivity contribution is 5.79. The van der Waals surface area contributed by atoms with Crippen LogP contribution >= 0.6 is 0 Å². The van der Waals surface area contributed by atoms with Gasteiger partial charge in [0.1, 0.15) is 6.07 Å². The van der Waals surface area contributed by atoms with Gasteiger partial charge >= 0.3 is 0 Å². The smallest absolute Gasteiger partial charge is 0.266 e. The molecule has 4 rings (SSSR count). The van der Waals surface area contributed by atoms with E-state index in [1.165, 1.54) is 11.8 Å². The molecule has 1 unspecified atom stereocenters. The van der Waals surface area contributed by atoms with Crippen LogP contribution < -0.4 is 10.2 Å². The van der Waals surface area contributed by atoms with Gasteiger partial charge in [-0.1, -0.05) is 38.1 Å². The number of rotatable bonds is 7. The fourth-order valence-corrected chi connectivity index (χ4v) is 4.28. The van der Waals surface area contributed by atoms with Crippen LogP contribution in [0.2, 0.25) is 0 Å². The van der Waals surface area contributed by atoms with Crippen molar-refractivity contribution in [3.63, 3.8) is 0 Å². The fourth-order valence-electron chi connectivity index (χ4n) is 4.28. The van der Waals surface area contributed by atoms with Crippen molar-refractivity contribution >= 4 is 11.8 Å². The largest absolute Gasteiger partial charge is 0.459 e. The molecule has 1 aromatic carbocycles. The maximum atomic E-state index is 12.9. The Morgan fingerprint density at radius 3 is 2.55 bits per heavy atom. The molecule has 1 saturated heterocycles. The highest BCUT2D eigenvalue weighted by Crippen LogP contribution is 2.31. The first-order valence-corrected chi connectivity index (χ1v) is 11.5. The Hall–Kier alpha value is -3.53. The van der Waals surface area contributed by atoms with Crippen LogP contribution in [0.5, 0.6) is 0 Å². The van der Waals surface area contributed by atoms with Crippen molar-refractivity contribution in [2.45, 2.75) is 46.1 Å². The molecule has 1 amide bonds. The molecule has 3 aromatic rings. The number of hydrogen-bond acceptors (Lipinski definition) is 6. The van der Waals surface area contributed by atoms with Crippen molar-refractivity contribution in [1.82, 2.24) is 10.3 Å². The minimum absolute atomic E-state index is 0.0426. The van der Waals surface area contributed by atoms with Gasteiger partial charge in [0.15, 0.2) is 5.76 Å². The third kappa shape index (κ3) is 5.28. The molecule has 7 heteroatoms. The summed E-state index contributed by atoms with van der Waals surface area (Å²) in [5.74, 6) is 1.84. The number of nitrogens with one attached hydrogen (secondary N) is 1. The van der Waals surface area contributed by atoms with Gasteiger partial charge < -0.3 is 19.1 Å². The number of carbonyl (C=O) groups is 1. The lowest BCUT2D eigenvalue weighted by atomic mass is 9.95. The Morgan fingerprint density at radius 1 is 1.21 bits per heavy atom. The van der Waals surface area contributed by atoms with Gasteiger partial charge in [0, 0.05) is 19.0 Å². The molecule has 0 aliphatic carbocycles. The molecule has 7 nitrogen and oxygen atoms in total. The molecule has 1 fully saturated rings. The topological polar surface area (TPSA) is 95.3 Å². The number of aromatic nitrogens is 1. The lowest BCUT2D eigenvalue weighted by molar-refractivity contribution is -0.126. The molecule has 3 heterocycles. The number of oxazole rings is 1. The molecule has 2 aromatic heterocycles. The van der Waals surface area contributed by atoms with Crippen molar-refractivity contribution in [2.75, 3.05) is 18.0 Å². The highest BCUT2D eigenvalue weighted by atomic mass is 16.4. The number of carbonyl (C=O) groups excluding carboxylic acids is 1. The Balaban J connectivity index is 1.33. The van der Waals surface area contributed by atoms with Crippen LogP contribution in [0.1, 0.15) is 56.5 Å². The van der Waals surface area contributed by atoms with Crippen molar-refractivity contribution in [3.05, 3.63) is 59.5 Å². The molecule has 1 N–H and O–H groups in total. The van der Waals surface area contributed by atoms with Crippen molar-refractivity contribution in [2.24, 2.45) is 11.8 Å². The van der Waals surface area contributed by atoms with Gasteiger partial charge in [0.05, 0.1) is 12.3 Å². The molecule has 33 heavy (non-hydrogen) atoms. The molecule has 0 spiro atoms. The van der Waals surface area contributed by atoms with Gasteiger partial charge in [0.2, 0.25) is 17.5 Å². The molecule has 0 bridgehead atoms. The van der Waals surface area contributed by atoms with Crippen molar-refractivity contribution in [1.29, 1.82) is 5.26 Å². The molecule has 0 saturated carbocycles. The van der Waals surface area contributed by atoms with Crippen LogP contribution in [0.4, 0.5) is 5.88 Å². The Bertz CT molecular complexity index is 1100. The minimum atomic E-state index is -0.0677. The Labute approximate surface area is 194 Å². The maximum absolute atomic E-state index is 12.9. The number of nitriles is 1. The number of hydrogen-bond donors (Lipinski definition) is 1. The summed E-state index contributed by atoms with van der Waals surface area (Å²) in [7, 11) is 0. The number of piperidine rings is 1. The normalized spacial score (nSPS) is 15.4. The molecule has 1 aliphatic heterocycles. The summed E-state index contributed by atoms with van der Waals surface area (Å²) < 4.78 is 11.2. The lowest BCUT2D eigenvalue weighted by Crippen LogP contribution is -2.41. The SMILES string of the molecule is CC(C)Cc1ccc(C(C)NC(=O)C2CCN(c3oc(-c4ccco4)nc3C#N)CC2)cc1. The van der Waals surface area contributed by atoms with E-state index in [-0.39, 0.29) is 23.6 Å². The molecule has 1 aliphatic rings. The summed E-state index contributed by atoms with van der Waals surface area (Å²) in [6.07, 6.45) is 3.97. The molecule has 1 atom stereocenters. The van der Waals surface area contributed by atoms with Crippen molar-refractivity contribution in [3.8, 4) is 17.7 Å². The van der Waals surface area contributed by atoms with E-state index >= 15 is 0 Å². The predicted octanol–water partition coefficient (Wildman–Crippen LogP) is 5.10. The molecular weight excluding hydrogens is 416 g/mol. The first kappa shape index (κ1) is 22.7. The van der Waals surface area contributed by atoms with Gasteiger partial charge in [-0.15, -0.1) is 0 Å². The average Bonchev–Trinajstić information content (AvgIpc) is 3.49. The summed E-state index contributed by atoms with van der Waals surface area (Å²) in [6.45, 7) is 7.69. The van der Waals surface area contributed by atoms with E-state index in [1.54, 1.807) is 12.1 Å². The fraction of sp³-hybridized carbons (Fsp3) is 0.423. The average molecular weight is 447 g/mol. The zero-order valence-corrected chi connectivity index (χ0v) is 19.4. The van der Waals surface area contributed by atoms with E-state index in [1.807, 2.05) is 11.8 Å². The lowest BCUT2D eigenvalue weighted by Gasteiger charge is -2.31. The Morgan fingerprint density at radius 2 is 1.94 bits per heavy atom. The van der Waals surface area contributed by atoms with Gasteiger partial charge in [-0.3, -0.25) is 4.79 Å². The highest BCUT2D eigenvalue weighted by Gasteiger charge is 2.30. The first-order chi connectivity index (χ1) is 15.9. The van der Waals surface area contributed by atoms with Crippen LogP contribution in [-0.4, -0.2) is 24.0 Å². The second-order valence-corrected chi connectivity index (χ2v) is 9.09. The van der Waals surface area contributed by atoms with Gasteiger partial charge in [-0.25, -0.2) is 0 Å². The summed E-state index contributed by atoms with van der Waals surface area (Å²) in [5.41, 5.74) is 2.66. The van der Waals surface area contributed by atoms with E-state index in [0.717, 1.165) is 12.0 Å². The zero-order valence-electron chi connectivity index (χ0n) is 19.4. The Kier molecular flexibility index (Phi) is 6.83. The van der Waals surface area contributed by atoms with Gasteiger partial charge in [-0.2, -0.15) is 10.2 Å². The number of benzene rings is 1. The van der Waals surface area contributed by atoms with Gasteiger partial charge in [-0.05, 0) is 55.4 Å². The summed E-state index contributed by atoms with van der Waals surface area (Å²) in [5, 5.41) is 12.6.